The Labute approximate surface area is 178 Å². The Balaban J connectivity index is 0.00000450. The summed E-state index contributed by atoms with van der Waals surface area (Å²) in [6.07, 6.45) is -3.52. The lowest BCUT2D eigenvalue weighted by Gasteiger charge is -2.12. The Hall–Kier alpha value is -2.37. The lowest BCUT2D eigenvalue weighted by Crippen LogP contribution is -2.28. The van der Waals surface area contributed by atoms with Crippen LogP contribution in [0.25, 0.3) is 0 Å². The molecule has 2 aromatic rings. The van der Waals surface area contributed by atoms with Crippen LogP contribution in [0.2, 0.25) is 0 Å². The largest absolute Gasteiger partial charge is 0.433 e. The number of alkyl halides is 3. The number of pyridine rings is 1. The van der Waals surface area contributed by atoms with Crippen molar-refractivity contribution < 1.29 is 26.4 Å². The molecule has 1 aromatic carbocycles. The highest BCUT2D eigenvalue weighted by Crippen LogP contribution is 2.29. The molecule has 0 bridgehead atoms. The van der Waals surface area contributed by atoms with Crippen LogP contribution in [0.3, 0.4) is 0 Å². The zero-order valence-corrected chi connectivity index (χ0v) is 17.6. The average Bonchev–Trinajstić information content (AvgIpc) is 2.64. The normalized spacial score (nSPS) is 11.5. The van der Waals surface area contributed by atoms with Gasteiger partial charge in [0.15, 0.2) is 0 Å². The van der Waals surface area contributed by atoms with E-state index in [1.165, 1.54) is 6.07 Å². The first-order valence-corrected chi connectivity index (χ1v) is 10.6. The molecular formula is C18H22ClF3N4O3S. The molecule has 0 aliphatic rings. The number of halogens is 4. The Bertz CT molecular complexity index is 985. The molecule has 0 radical (unpaired) electrons. The smallest absolute Gasteiger partial charge is 0.366 e. The highest BCUT2D eigenvalue weighted by molar-refractivity contribution is 7.90. The highest BCUT2D eigenvalue weighted by atomic mass is 35.5. The van der Waals surface area contributed by atoms with Crippen molar-refractivity contribution in [2.75, 3.05) is 23.9 Å². The van der Waals surface area contributed by atoms with Crippen LogP contribution in [-0.4, -0.2) is 37.9 Å². The number of sulfone groups is 1. The number of nitrogens with two attached hydrogens (primary N) is 1. The monoisotopic (exact) mass is 466 g/mol. The fraction of sp³-hybridized carbons (Fsp3) is 0.333. The van der Waals surface area contributed by atoms with Gasteiger partial charge >= 0.3 is 6.18 Å². The summed E-state index contributed by atoms with van der Waals surface area (Å²) < 4.78 is 61.1. The third kappa shape index (κ3) is 8.17. The van der Waals surface area contributed by atoms with Crippen molar-refractivity contribution >= 4 is 34.0 Å². The molecule has 1 heterocycles. The van der Waals surface area contributed by atoms with Crippen LogP contribution in [0, 0.1) is 0 Å². The van der Waals surface area contributed by atoms with Crippen molar-refractivity contribution in [3.8, 4) is 0 Å². The van der Waals surface area contributed by atoms with E-state index in [2.05, 4.69) is 15.6 Å². The van der Waals surface area contributed by atoms with Crippen molar-refractivity contribution in [2.24, 2.45) is 5.73 Å². The quantitative estimate of drug-likeness (QED) is 0.550. The number of carbonyl (C=O) groups is 1. The van der Waals surface area contributed by atoms with Crippen LogP contribution >= 0.6 is 12.4 Å². The molecule has 0 saturated heterocycles. The number of nitrogens with one attached hydrogen (secondary N) is 2. The zero-order chi connectivity index (χ0) is 21.7. The van der Waals surface area contributed by atoms with Crippen molar-refractivity contribution in [1.82, 2.24) is 10.3 Å². The van der Waals surface area contributed by atoms with Gasteiger partial charge in [0, 0.05) is 31.5 Å². The van der Waals surface area contributed by atoms with E-state index in [0.717, 1.165) is 12.3 Å². The Morgan fingerprint density at radius 1 is 1.17 bits per heavy atom. The lowest BCUT2D eigenvalue weighted by molar-refractivity contribution is -0.141. The number of rotatable bonds is 8. The van der Waals surface area contributed by atoms with E-state index in [1.807, 2.05) is 0 Å². The molecule has 1 aromatic heterocycles. The second-order valence-corrected chi connectivity index (χ2v) is 8.65. The van der Waals surface area contributed by atoms with E-state index in [0.29, 0.717) is 11.1 Å². The highest BCUT2D eigenvalue weighted by Gasteiger charge is 2.33. The Morgan fingerprint density at radius 3 is 2.47 bits per heavy atom. The van der Waals surface area contributed by atoms with Crippen LogP contribution in [0.4, 0.5) is 19.0 Å². The average molecular weight is 467 g/mol. The SMILES string of the molecule is CS(=O)(=O)CCNC(=O)c1cccc(CNc2cc(CN)cc(C(F)(F)F)n2)c1.Cl. The number of benzene rings is 1. The number of hydrogen-bond donors (Lipinski definition) is 3. The van der Waals surface area contributed by atoms with Gasteiger partial charge in [-0.1, -0.05) is 12.1 Å². The molecule has 0 saturated carbocycles. The van der Waals surface area contributed by atoms with Gasteiger partial charge in [0.1, 0.15) is 21.3 Å². The van der Waals surface area contributed by atoms with Gasteiger partial charge in [-0.25, -0.2) is 13.4 Å². The van der Waals surface area contributed by atoms with Crippen molar-refractivity contribution in [3.63, 3.8) is 0 Å². The molecule has 30 heavy (non-hydrogen) atoms. The predicted molar refractivity (Wildman–Crippen MR) is 110 cm³/mol. The van der Waals surface area contributed by atoms with Gasteiger partial charge in [0.2, 0.25) is 0 Å². The van der Waals surface area contributed by atoms with E-state index in [4.69, 9.17) is 5.73 Å². The minimum atomic E-state index is -4.59. The summed E-state index contributed by atoms with van der Waals surface area (Å²) in [5.41, 5.74) is 5.64. The summed E-state index contributed by atoms with van der Waals surface area (Å²) in [5, 5.41) is 5.31. The Morgan fingerprint density at radius 2 is 1.87 bits per heavy atom. The maximum Gasteiger partial charge on any atom is 0.433 e. The fourth-order valence-electron chi connectivity index (χ4n) is 2.41. The molecule has 0 fully saturated rings. The van der Waals surface area contributed by atoms with Gasteiger partial charge in [-0.3, -0.25) is 4.79 Å². The molecule has 0 spiro atoms. The minimum absolute atomic E-state index is 0. The molecule has 0 aliphatic heterocycles. The first-order chi connectivity index (χ1) is 13.5. The molecule has 7 nitrogen and oxygen atoms in total. The zero-order valence-electron chi connectivity index (χ0n) is 16.0. The summed E-state index contributed by atoms with van der Waals surface area (Å²) in [7, 11) is -3.19. The minimum Gasteiger partial charge on any atom is -0.366 e. The molecule has 166 valence electrons. The maximum atomic E-state index is 13.0. The Kier molecular flexibility index (Phi) is 9.07. The lowest BCUT2D eigenvalue weighted by atomic mass is 10.1. The molecule has 0 aliphatic carbocycles. The molecule has 2 rings (SSSR count). The summed E-state index contributed by atoms with van der Waals surface area (Å²) in [4.78, 5) is 15.7. The van der Waals surface area contributed by atoms with Crippen LogP contribution < -0.4 is 16.4 Å². The fourth-order valence-corrected chi connectivity index (χ4v) is 2.88. The summed E-state index contributed by atoms with van der Waals surface area (Å²) >= 11 is 0. The summed E-state index contributed by atoms with van der Waals surface area (Å²) in [6, 6.07) is 8.74. The van der Waals surface area contributed by atoms with Crippen LogP contribution in [0.5, 0.6) is 0 Å². The van der Waals surface area contributed by atoms with Crippen molar-refractivity contribution in [2.45, 2.75) is 19.3 Å². The van der Waals surface area contributed by atoms with E-state index in [-0.39, 0.29) is 49.2 Å². The van der Waals surface area contributed by atoms with E-state index in [1.54, 1.807) is 24.3 Å². The standard InChI is InChI=1S/C18H21F3N4O3S.ClH/c1-29(27,28)6-5-23-17(26)14-4-2-3-12(7-14)11-24-16-9-13(10-22)8-15(25-16)18(19,20)21;/h2-4,7-9H,5-6,10-11,22H2,1H3,(H,23,26)(H,24,25);1H. The van der Waals surface area contributed by atoms with Gasteiger partial charge in [-0.05, 0) is 35.4 Å². The second kappa shape index (κ2) is 10.6. The van der Waals surface area contributed by atoms with Crippen LogP contribution in [0.1, 0.15) is 27.2 Å². The molecule has 12 heteroatoms. The molecule has 4 N–H and O–H groups in total. The first kappa shape index (κ1) is 25.7. The van der Waals surface area contributed by atoms with E-state index in [9.17, 15) is 26.4 Å². The van der Waals surface area contributed by atoms with Gasteiger partial charge in [-0.2, -0.15) is 13.2 Å². The van der Waals surface area contributed by atoms with E-state index >= 15 is 0 Å². The molecule has 0 unspecified atom stereocenters. The maximum absolute atomic E-state index is 13.0. The number of nitrogens with zero attached hydrogens (tertiary/aromatic N) is 1. The van der Waals surface area contributed by atoms with Crippen molar-refractivity contribution in [1.29, 1.82) is 0 Å². The number of amides is 1. The van der Waals surface area contributed by atoms with E-state index < -0.39 is 27.6 Å². The van der Waals surface area contributed by atoms with Gasteiger partial charge in [0.05, 0.1) is 5.75 Å². The third-order valence-electron chi connectivity index (χ3n) is 3.83. The summed E-state index contributed by atoms with van der Waals surface area (Å²) in [6.45, 7) is 0.0440. The van der Waals surface area contributed by atoms with Gasteiger partial charge in [-0.15, -0.1) is 12.4 Å². The topological polar surface area (TPSA) is 114 Å². The third-order valence-corrected chi connectivity index (χ3v) is 4.78. The predicted octanol–water partition coefficient (Wildman–Crippen LogP) is 2.37. The first-order valence-electron chi connectivity index (χ1n) is 8.55. The van der Waals surface area contributed by atoms with Gasteiger partial charge in [0.25, 0.3) is 5.91 Å². The van der Waals surface area contributed by atoms with Crippen molar-refractivity contribution in [3.05, 3.63) is 58.8 Å². The van der Waals surface area contributed by atoms with Gasteiger partial charge < -0.3 is 16.4 Å². The molecule has 0 atom stereocenters. The number of carbonyl (C=O) groups excluding carboxylic acids is 1. The number of anilines is 1. The molecule has 1 amide bonds. The number of hydrogen-bond acceptors (Lipinski definition) is 6. The van der Waals surface area contributed by atoms with Crippen LogP contribution in [-0.2, 0) is 29.1 Å². The second-order valence-electron chi connectivity index (χ2n) is 6.39. The van der Waals surface area contributed by atoms with Crippen LogP contribution in [0.15, 0.2) is 36.4 Å². The molecular weight excluding hydrogens is 445 g/mol. The summed E-state index contributed by atoms with van der Waals surface area (Å²) in [5.74, 6) is -0.605. The number of aromatic nitrogens is 1.